The smallest absolute Gasteiger partial charge is 0.0991 e. The summed E-state index contributed by atoms with van der Waals surface area (Å²) in [4.78, 5) is 3.99. The van der Waals surface area contributed by atoms with Gasteiger partial charge in [0.15, 0.2) is 0 Å². The van der Waals surface area contributed by atoms with E-state index in [1.54, 1.807) is 6.20 Å². The van der Waals surface area contributed by atoms with Gasteiger partial charge in [-0.1, -0.05) is 5.21 Å². The molecule has 0 aliphatic rings. The van der Waals surface area contributed by atoms with Crippen LogP contribution in [0.2, 0.25) is 0 Å². The maximum absolute atomic E-state index is 5.70. The Balaban J connectivity index is 1.81. The van der Waals surface area contributed by atoms with E-state index in [-0.39, 0.29) is 6.04 Å². The fourth-order valence-electron chi connectivity index (χ4n) is 1.47. The molecule has 0 spiro atoms. The van der Waals surface area contributed by atoms with Gasteiger partial charge in [-0.25, -0.2) is 4.98 Å². The quantitative estimate of drug-likeness (QED) is 0.800. The lowest BCUT2D eigenvalue weighted by atomic mass is 10.3. The highest BCUT2D eigenvalue weighted by molar-refractivity contribution is 4.97. The number of aromatic nitrogens is 5. The van der Waals surface area contributed by atoms with Gasteiger partial charge in [0, 0.05) is 31.5 Å². The number of imidazole rings is 1. The molecule has 0 aromatic carbocycles. The predicted molar refractivity (Wildman–Crippen MR) is 59.5 cm³/mol. The number of aryl methyl sites for hydroxylation is 2. The second-order valence-electron chi connectivity index (χ2n) is 3.85. The van der Waals surface area contributed by atoms with Crippen molar-refractivity contribution in [2.75, 3.05) is 0 Å². The van der Waals surface area contributed by atoms with E-state index in [1.165, 1.54) is 0 Å². The summed E-state index contributed by atoms with van der Waals surface area (Å²) in [5.74, 6) is 0. The molecule has 6 heteroatoms. The van der Waals surface area contributed by atoms with Crippen LogP contribution in [0.4, 0.5) is 0 Å². The normalized spacial score (nSPS) is 12.9. The van der Waals surface area contributed by atoms with Crippen molar-refractivity contribution in [1.82, 2.24) is 24.5 Å². The number of hydrogen-bond donors (Lipinski definition) is 1. The standard InChI is InChI=1S/C10H16N6/c1-9(11)10-7-16(14-13-10)5-2-4-15-6-3-12-8-15/h3,6-9H,2,4-5,11H2,1H3. The molecule has 2 heterocycles. The second kappa shape index (κ2) is 4.89. The van der Waals surface area contributed by atoms with Gasteiger partial charge in [-0.15, -0.1) is 5.10 Å². The van der Waals surface area contributed by atoms with Crippen LogP contribution < -0.4 is 5.73 Å². The molecule has 0 fully saturated rings. The second-order valence-corrected chi connectivity index (χ2v) is 3.85. The summed E-state index contributed by atoms with van der Waals surface area (Å²) in [6.07, 6.45) is 8.45. The maximum Gasteiger partial charge on any atom is 0.0991 e. The van der Waals surface area contributed by atoms with Crippen LogP contribution in [0.25, 0.3) is 0 Å². The Morgan fingerprint density at radius 1 is 1.44 bits per heavy atom. The van der Waals surface area contributed by atoms with Gasteiger partial charge in [0.2, 0.25) is 0 Å². The molecule has 0 aliphatic heterocycles. The highest BCUT2D eigenvalue weighted by atomic mass is 15.4. The summed E-state index contributed by atoms with van der Waals surface area (Å²) in [6, 6.07) is -0.0533. The summed E-state index contributed by atoms with van der Waals surface area (Å²) in [5, 5.41) is 8.02. The Bertz CT molecular complexity index is 416. The zero-order valence-electron chi connectivity index (χ0n) is 9.32. The van der Waals surface area contributed by atoms with Gasteiger partial charge in [-0.05, 0) is 13.3 Å². The van der Waals surface area contributed by atoms with Crippen molar-refractivity contribution in [2.45, 2.75) is 32.5 Å². The molecule has 2 rings (SSSR count). The topological polar surface area (TPSA) is 74.5 Å². The third kappa shape index (κ3) is 2.66. The molecule has 6 nitrogen and oxygen atoms in total. The molecule has 0 radical (unpaired) electrons. The monoisotopic (exact) mass is 220 g/mol. The molecule has 0 aliphatic carbocycles. The van der Waals surface area contributed by atoms with Crippen LogP contribution in [-0.2, 0) is 13.1 Å². The third-order valence-corrected chi connectivity index (χ3v) is 2.39. The average molecular weight is 220 g/mol. The zero-order valence-corrected chi connectivity index (χ0v) is 9.32. The molecule has 1 unspecified atom stereocenters. The first-order valence-electron chi connectivity index (χ1n) is 5.37. The molecule has 0 saturated heterocycles. The fourth-order valence-corrected chi connectivity index (χ4v) is 1.47. The minimum atomic E-state index is -0.0533. The number of hydrogen-bond acceptors (Lipinski definition) is 4. The summed E-state index contributed by atoms with van der Waals surface area (Å²) in [5.41, 5.74) is 6.54. The van der Waals surface area contributed by atoms with E-state index >= 15 is 0 Å². The number of nitrogens with two attached hydrogens (primary N) is 1. The number of nitrogens with zero attached hydrogens (tertiary/aromatic N) is 5. The minimum Gasteiger partial charge on any atom is -0.337 e. The van der Waals surface area contributed by atoms with Crippen LogP contribution in [0.5, 0.6) is 0 Å². The molecular weight excluding hydrogens is 204 g/mol. The van der Waals surface area contributed by atoms with Crippen LogP contribution in [0, 0.1) is 0 Å². The van der Waals surface area contributed by atoms with Crippen molar-refractivity contribution in [3.8, 4) is 0 Å². The molecule has 2 aromatic heterocycles. The first-order valence-corrected chi connectivity index (χ1v) is 5.37. The van der Waals surface area contributed by atoms with Gasteiger partial charge in [0.1, 0.15) is 0 Å². The molecule has 1 atom stereocenters. The lowest BCUT2D eigenvalue weighted by molar-refractivity contribution is 0.514. The molecule has 2 N–H and O–H groups in total. The van der Waals surface area contributed by atoms with Gasteiger partial charge >= 0.3 is 0 Å². The van der Waals surface area contributed by atoms with Gasteiger partial charge in [0.05, 0.1) is 18.2 Å². The van der Waals surface area contributed by atoms with E-state index < -0.39 is 0 Å². The van der Waals surface area contributed by atoms with E-state index in [0.717, 1.165) is 25.2 Å². The largest absolute Gasteiger partial charge is 0.337 e. The molecule has 2 aromatic rings. The van der Waals surface area contributed by atoms with Crippen LogP contribution in [0.15, 0.2) is 24.9 Å². The molecule has 0 bridgehead atoms. The molecular formula is C10H16N6. The predicted octanol–water partition coefficient (Wildman–Crippen LogP) is 0.585. The molecule has 0 saturated carbocycles. The number of rotatable bonds is 5. The van der Waals surface area contributed by atoms with E-state index in [1.807, 2.05) is 34.9 Å². The Morgan fingerprint density at radius 2 is 2.31 bits per heavy atom. The van der Waals surface area contributed by atoms with Gasteiger partial charge in [0.25, 0.3) is 0 Å². The zero-order chi connectivity index (χ0) is 11.4. The van der Waals surface area contributed by atoms with Crippen molar-refractivity contribution < 1.29 is 0 Å². The van der Waals surface area contributed by atoms with Gasteiger partial charge < -0.3 is 10.3 Å². The first-order chi connectivity index (χ1) is 7.75. The van der Waals surface area contributed by atoms with Crippen molar-refractivity contribution in [1.29, 1.82) is 0 Å². The van der Waals surface area contributed by atoms with Crippen LogP contribution in [0.3, 0.4) is 0 Å². The highest BCUT2D eigenvalue weighted by Crippen LogP contribution is 2.04. The van der Waals surface area contributed by atoms with Gasteiger partial charge in [-0.2, -0.15) is 0 Å². The third-order valence-electron chi connectivity index (χ3n) is 2.39. The first kappa shape index (κ1) is 10.8. The van der Waals surface area contributed by atoms with E-state index in [4.69, 9.17) is 5.73 Å². The van der Waals surface area contributed by atoms with Crippen LogP contribution in [-0.4, -0.2) is 24.5 Å². The lowest BCUT2D eigenvalue weighted by Crippen LogP contribution is -2.05. The van der Waals surface area contributed by atoms with Gasteiger partial charge in [-0.3, -0.25) is 4.68 Å². The van der Waals surface area contributed by atoms with Crippen LogP contribution >= 0.6 is 0 Å². The average Bonchev–Trinajstić information content (AvgIpc) is 2.87. The SMILES string of the molecule is CC(N)c1cn(CCCn2ccnc2)nn1. The Hall–Kier alpha value is -1.69. The molecule has 16 heavy (non-hydrogen) atoms. The fraction of sp³-hybridized carbons (Fsp3) is 0.500. The van der Waals surface area contributed by atoms with E-state index in [0.29, 0.717) is 0 Å². The van der Waals surface area contributed by atoms with Crippen molar-refractivity contribution in [3.05, 3.63) is 30.6 Å². The highest BCUT2D eigenvalue weighted by Gasteiger charge is 2.04. The van der Waals surface area contributed by atoms with E-state index in [9.17, 15) is 0 Å². The molecule has 86 valence electrons. The Labute approximate surface area is 94.1 Å². The van der Waals surface area contributed by atoms with E-state index in [2.05, 4.69) is 15.3 Å². The Morgan fingerprint density at radius 3 is 2.94 bits per heavy atom. The van der Waals surface area contributed by atoms with Crippen molar-refractivity contribution >= 4 is 0 Å². The summed E-state index contributed by atoms with van der Waals surface area (Å²) in [7, 11) is 0. The summed E-state index contributed by atoms with van der Waals surface area (Å²) >= 11 is 0. The van der Waals surface area contributed by atoms with Crippen LogP contribution in [0.1, 0.15) is 25.1 Å². The maximum atomic E-state index is 5.70. The lowest BCUT2D eigenvalue weighted by Gasteiger charge is -2.01. The summed E-state index contributed by atoms with van der Waals surface area (Å²) in [6.45, 7) is 3.69. The molecule has 0 amide bonds. The van der Waals surface area contributed by atoms with Crippen molar-refractivity contribution in [3.63, 3.8) is 0 Å². The van der Waals surface area contributed by atoms with Crippen molar-refractivity contribution in [2.24, 2.45) is 5.73 Å². The Kier molecular flexibility index (Phi) is 3.31. The summed E-state index contributed by atoms with van der Waals surface area (Å²) < 4.78 is 3.87. The minimum absolute atomic E-state index is 0.0533.